The molecule has 0 atom stereocenters. The van der Waals surface area contributed by atoms with Crippen LogP contribution in [0.2, 0.25) is 0 Å². The van der Waals surface area contributed by atoms with Crippen molar-refractivity contribution in [1.29, 1.82) is 0 Å². The fraction of sp³-hybridized carbons (Fsp3) is 0.938. The highest BCUT2D eigenvalue weighted by molar-refractivity contribution is 5.67. The molecule has 132 valence electrons. The average Bonchev–Trinajstić information content (AvgIpc) is 2.42. The number of unbranched alkanes of at least 4 members (excludes halogenated alkanes) is 2. The molecule has 0 aliphatic heterocycles. The van der Waals surface area contributed by atoms with E-state index < -0.39 is 5.60 Å². The zero-order valence-corrected chi connectivity index (χ0v) is 14.6. The van der Waals surface area contributed by atoms with Crippen LogP contribution in [0, 0.1) is 0 Å². The van der Waals surface area contributed by atoms with E-state index in [1.165, 1.54) is 0 Å². The number of amides is 1. The summed E-state index contributed by atoms with van der Waals surface area (Å²) in [5, 5.41) is 2.74. The molecule has 1 amide bonds. The number of nitrogens with one attached hydrogen (secondary N) is 1. The topological polar surface area (TPSA) is 66.0 Å². The second-order valence-electron chi connectivity index (χ2n) is 5.91. The third-order valence-corrected chi connectivity index (χ3v) is 2.58. The molecule has 0 rings (SSSR count). The second-order valence-corrected chi connectivity index (χ2v) is 5.91. The maximum atomic E-state index is 11.4. The van der Waals surface area contributed by atoms with Gasteiger partial charge in [-0.15, -0.1) is 0 Å². The number of hydrogen-bond donors (Lipinski definition) is 1. The Kier molecular flexibility index (Phi) is 13.3. The van der Waals surface area contributed by atoms with Gasteiger partial charge in [-0.1, -0.05) is 0 Å². The molecule has 0 bridgehead atoms. The van der Waals surface area contributed by atoms with Crippen LogP contribution in [0.1, 0.15) is 47.0 Å². The lowest BCUT2D eigenvalue weighted by molar-refractivity contribution is 0.0162. The van der Waals surface area contributed by atoms with Gasteiger partial charge in [0.1, 0.15) is 5.60 Å². The minimum absolute atomic E-state index is 0.354. The summed E-state index contributed by atoms with van der Waals surface area (Å²) < 4.78 is 21.1. The van der Waals surface area contributed by atoms with Crippen molar-refractivity contribution in [2.24, 2.45) is 0 Å². The zero-order valence-electron chi connectivity index (χ0n) is 14.6. The molecule has 0 saturated heterocycles. The number of hydrogen-bond acceptors (Lipinski definition) is 5. The first-order chi connectivity index (χ1) is 10.5. The first kappa shape index (κ1) is 21.1. The van der Waals surface area contributed by atoms with Crippen LogP contribution < -0.4 is 5.32 Å². The first-order valence-corrected chi connectivity index (χ1v) is 8.16. The SMILES string of the molecule is CCOCCOCCOCCCCCNC(=O)OC(C)(C)C. The lowest BCUT2D eigenvalue weighted by atomic mass is 10.2. The average molecular weight is 319 g/mol. The van der Waals surface area contributed by atoms with Crippen LogP contribution in [0.3, 0.4) is 0 Å². The molecule has 22 heavy (non-hydrogen) atoms. The van der Waals surface area contributed by atoms with Crippen molar-refractivity contribution in [3.05, 3.63) is 0 Å². The van der Waals surface area contributed by atoms with Gasteiger partial charge in [0.15, 0.2) is 0 Å². The Balaban J connectivity index is 3.16. The molecule has 0 aromatic heterocycles. The molecule has 0 aliphatic carbocycles. The lowest BCUT2D eigenvalue weighted by Crippen LogP contribution is -2.33. The van der Waals surface area contributed by atoms with Crippen molar-refractivity contribution in [1.82, 2.24) is 5.32 Å². The van der Waals surface area contributed by atoms with E-state index in [1.807, 2.05) is 27.7 Å². The van der Waals surface area contributed by atoms with Gasteiger partial charge in [-0.05, 0) is 47.0 Å². The van der Waals surface area contributed by atoms with Gasteiger partial charge in [-0.2, -0.15) is 0 Å². The van der Waals surface area contributed by atoms with E-state index in [0.717, 1.165) is 32.5 Å². The largest absolute Gasteiger partial charge is 0.444 e. The summed E-state index contributed by atoms with van der Waals surface area (Å²) in [4.78, 5) is 11.4. The summed E-state index contributed by atoms with van der Waals surface area (Å²) in [6.07, 6.45) is 2.57. The molecule has 1 N–H and O–H groups in total. The van der Waals surface area contributed by atoms with Gasteiger partial charge in [0.2, 0.25) is 0 Å². The quantitative estimate of drug-likeness (QED) is 0.529. The number of rotatable bonds is 13. The summed E-state index contributed by atoms with van der Waals surface area (Å²) in [6.45, 7) is 12.1. The molecular weight excluding hydrogens is 286 g/mol. The molecule has 0 aromatic carbocycles. The molecule has 0 fully saturated rings. The van der Waals surface area contributed by atoms with Gasteiger partial charge in [0.05, 0.1) is 26.4 Å². The molecule has 0 radical (unpaired) electrons. The van der Waals surface area contributed by atoms with Gasteiger partial charge in [-0.3, -0.25) is 0 Å². The summed E-state index contributed by atoms with van der Waals surface area (Å²) >= 11 is 0. The summed E-state index contributed by atoms with van der Waals surface area (Å²) in [6, 6.07) is 0. The van der Waals surface area contributed by atoms with Crippen molar-refractivity contribution in [3.63, 3.8) is 0 Å². The Bertz CT molecular complexity index is 266. The van der Waals surface area contributed by atoms with Crippen LogP contribution in [-0.4, -0.2) is 57.9 Å². The molecule has 0 spiro atoms. The van der Waals surface area contributed by atoms with Crippen molar-refractivity contribution in [2.45, 2.75) is 52.6 Å². The zero-order chi connectivity index (χ0) is 16.7. The minimum atomic E-state index is -0.442. The van der Waals surface area contributed by atoms with Crippen LogP contribution in [-0.2, 0) is 18.9 Å². The first-order valence-electron chi connectivity index (χ1n) is 8.16. The monoisotopic (exact) mass is 319 g/mol. The Morgan fingerprint density at radius 1 is 0.864 bits per heavy atom. The highest BCUT2D eigenvalue weighted by atomic mass is 16.6. The van der Waals surface area contributed by atoms with Crippen molar-refractivity contribution < 1.29 is 23.7 Å². The van der Waals surface area contributed by atoms with E-state index in [9.17, 15) is 4.79 Å². The number of ether oxygens (including phenoxy) is 4. The fourth-order valence-electron chi connectivity index (χ4n) is 1.59. The summed E-state index contributed by atoms with van der Waals surface area (Å²) in [7, 11) is 0. The molecule has 0 unspecified atom stereocenters. The van der Waals surface area contributed by atoms with Gasteiger partial charge < -0.3 is 24.3 Å². The molecular formula is C16H33NO5. The molecule has 6 nitrogen and oxygen atoms in total. The van der Waals surface area contributed by atoms with E-state index in [2.05, 4.69) is 5.32 Å². The number of carbonyl (C=O) groups is 1. The molecule has 6 heteroatoms. The highest BCUT2D eigenvalue weighted by Gasteiger charge is 2.15. The van der Waals surface area contributed by atoms with Crippen LogP contribution in [0.25, 0.3) is 0 Å². The number of carbonyl (C=O) groups excluding carboxylic acids is 1. The van der Waals surface area contributed by atoms with Gasteiger partial charge in [0.25, 0.3) is 0 Å². The minimum Gasteiger partial charge on any atom is -0.444 e. The van der Waals surface area contributed by atoms with E-state index in [-0.39, 0.29) is 6.09 Å². The standard InChI is InChI=1S/C16H33NO5/c1-5-19-11-12-21-14-13-20-10-8-6-7-9-17-15(18)22-16(2,3)4/h5-14H2,1-4H3,(H,17,18). The van der Waals surface area contributed by atoms with Gasteiger partial charge in [0, 0.05) is 19.8 Å². The van der Waals surface area contributed by atoms with Crippen molar-refractivity contribution >= 4 is 6.09 Å². The van der Waals surface area contributed by atoms with E-state index in [0.29, 0.717) is 33.0 Å². The summed E-state index contributed by atoms with van der Waals surface area (Å²) in [5.41, 5.74) is -0.442. The van der Waals surface area contributed by atoms with E-state index >= 15 is 0 Å². The Labute approximate surface area is 134 Å². The Morgan fingerprint density at radius 2 is 1.45 bits per heavy atom. The van der Waals surface area contributed by atoms with Crippen molar-refractivity contribution in [3.8, 4) is 0 Å². The molecule has 0 aromatic rings. The predicted octanol–water partition coefficient (Wildman–Crippen LogP) is 2.75. The second kappa shape index (κ2) is 13.8. The third kappa shape index (κ3) is 17.2. The Hall–Kier alpha value is -0.850. The normalized spacial score (nSPS) is 11.5. The maximum Gasteiger partial charge on any atom is 0.407 e. The smallest absolute Gasteiger partial charge is 0.407 e. The van der Waals surface area contributed by atoms with E-state index in [4.69, 9.17) is 18.9 Å². The Morgan fingerprint density at radius 3 is 2.05 bits per heavy atom. The molecule has 0 saturated carbocycles. The molecule has 0 aliphatic rings. The van der Waals surface area contributed by atoms with Crippen LogP contribution in [0.5, 0.6) is 0 Å². The van der Waals surface area contributed by atoms with Gasteiger partial charge in [-0.25, -0.2) is 4.79 Å². The van der Waals surface area contributed by atoms with E-state index in [1.54, 1.807) is 0 Å². The highest BCUT2D eigenvalue weighted by Crippen LogP contribution is 2.06. The fourth-order valence-corrected chi connectivity index (χ4v) is 1.59. The maximum absolute atomic E-state index is 11.4. The predicted molar refractivity (Wildman–Crippen MR) is 86.2 cm³/mol. The third-order valence-electron chi connectivity index (χ3n) is 2.58. The molecule has 0 heterocycles. The van der Waals surface area contributed by atoms with Crippen LogP contribution >= 0.6 is 0 Å². The lowest BCUT2D eigenvalue weighted by Gasteiger charge is -2.19. The van der Waals surface area contributed by atoms with Crippen LogP contribution in [0.15, 0.2) is 0 Å². The van der Waals surface area contributed by atoms with Gasteiger partial charge >= 0.3 is 6.09 Å². The number of alkyl carbamates (subject to hydrolysis) is 1. The summed E-state index contributed by atoms with van der Waals surface area (Å²) in [5.74, 6) is 0. The van der Waals surface area contributed by atoms with Crippen molar-refractivity contribution in [2.75, 3.05) is 46.2 Å². The van der Waals surface area contributed by atoms with Crippen LogP contribution in [0.4, 0.5) is 4.79 Å².